The van der Waals surface area contributed by atoms with Crippen molar-refractivity contribution >= 4 is 17.5 Å². The number of aromatic nitrogens is 1. The molecule has 154 valence electrons. The standard InChI is InChI=1S/C23H23N3O4/c1-14-21(27)26(22(28)23(14,2)3)17-7-9-20(25-12-17)30-18-8-6-16(11-24)19(10-18)29-13-15-4-5-15/h6-10,12,14-15H,4-5,13H2,1-3H3. The van der Waals surface area contributed by atoms with Gasteiger partial charge in [0.25, 0.3) is 0 Å². The van der Waals surface area contributed by atoms with Gasteiger partial charge in [-0.25, -0.2) is 9.88 Å². The molecule has 1 aliphatic heterocycles. The van der Waals surface area contributed by atoms with Crippen LogP contribution in [0.15, 0.2) is 36.5 Å². The minimum atomic E-state index is -0.744. The lowest BCUT2D eigenvalue weighted by Crippen LogP contribution is -2.33. The van der Waals surface area contributed by atoms with Crippen LogP contribution in [0.1, 0.15) is 39.2 Å². The molecular weight excluding hydrogens is 382 g/mol. The van der Waals surface area contributed by atoms with Gasteiger partial charge >= 0.3 is 0 Å². The fraction of sp³-hybridized carbons (Fsp3) is 0.391. The Balaban J connectivity index is 1.50. The summed E-state index contributed by atoms with van der Waals surface area (Å²) < 4.78 is 11.6. The molecule has 1 saturated heterocycles. The summed E-state index contributed by atoms with van der Waals surface area (Å²) in [6.07, 6.45) is 3.77. The van der Waals surface area contributed by atoms with Gasteiger partial charge < -0.3 is 9.47 Å². The Kier molecular flexibility index (Phi) is 4.94. The van der Waals surface area contributed by atoms with Crippen LogP contribution in [0.2, 0.25) is 0 Å². The topological polar surface area (TPSA) is 92.5 Å². The lowest BCUT2D eigenvalue weighted by molar-refractivity contribution is -0.125. The minimum Gasteiger partial charge on any atom is -0.492 e. The van der Waals surface area contributed by atoms with Crippen molar-refractivity contribution in [3.05, 3.63) is 42.1 Å². The quantitative estimate of drug-likeness (QED) is 0.673. The van der Waals surface area contributed by atoms with Crippen molar-refractivity contribution in [2.45, 2.75) is 33.6 Å². The van der Waals surface area contributed by atoms with Gasteiger partial charge in [-0.2, -0.15) is 5.26 Å². The number of rotatable bonds is 6. The van der Waals surface area contributed by atoms with Crippen LogP contribution >= 0.6 is 0 Å². The fourth-order valence-electron chi connectivity index (χ4n) is 3.28. The summed E-state index contributed by atoms with van der Waals surface area (Å²) in [7, 11) is 0. The molecule has 0 N–H and O–H groups in total. The first-order valence-corrected chi connectivity index (χ1v) is 10.0. The highest BCUT2D eigenvalue weighted by Gasteiger charge is 2.51. The Morgan fingerprint density at radius 2 is 2.00 bits per heavy atom. The van der Waals surface area contributed by atoms with Crippen molar-refractivity contribution in [2.24, 2.45) is 17.3 Å². The molecular formula is C23H23N3O4. The zero-order chi connectivity index (χ0) is 21.5. The van der Waals surface area contributed by atoms with Gasteiger partial charge in [0.15, 0.2) is 0 Å². The molecule has 1 aromatic heterocycles. The van der Waals surface area contributed by atoms with Gasteiger partial charge in [0.05, 0.1) is 35.4 Å². The molecule has 1 aliphatic carbocycles. The molecule has 2 aromatic rings. The van der Waals surface area contributed by atoms with Crippen LogP contribution in [0, 0.1) is 28.6 Å². The Bertz CT molecular complexity index is 1040. The summed E-state index contributed by atoms with van der Waals surface area (Å²) in [5, 5.41) is 9.27. The number of benzene rings is 1. The summed E-state index contributed by atoms with van der Waals surface area (Å²) in [6, 6.07) is 10.4. The van der Waals surface area contributed by atoms with Gasteiger partial charge in [-0.3, -0.25) is 9.59 Å². The molecule has 0 radical (unpaired) electrons. The smallest absolute Gasteiger partial charge is 0.240 e. The summed E-state index contributed by atoms with van der Waals surface area (Å²) in [6.45, 7) is 5.91. The number of hydrogen-bond acceptors (Lipinski definition) is 6. The highest BCUT2D eigenvalue weighted by atomic mass is 16.5. The first-order valence-electron chi connectivity index (χ1n) is 10.0. The Hall–Kier alpha value is -3.40. The van der Waals surface area contributed by atoms with Gasteiger partial charge in [0, 0.05) is 12.1 Å². The van der Waals surface area contributed by atoms with E-state index in [2.05, 4.69) is 11.1 Å². The first kappa shape index (κ1) is 19.9. The van der Waals surface area contributed by atoms with E-state index in [1.54, 1.807) is 51.1 Å². The number of pyridine rings is 1. The van der Waals surface area contributed by atoms with Crippen molar-refractivity contribution in [2.75, 3.05) is 11.5 Å². The number of imide groups is 1. The molecule has 7 nitrogen and oxygen atoms in total. The third-order valence-electron chi connectivity index (χ3n) is 5.87. The number of carbonyl (C=O) groups excluding carboxylic acids is 2. The second-order valence-corrected chi connectivity index (χ2v) is 8.40. The van der Waals surface area contributed by atoms with Gasteiger partial charge in [-0.05, 0) is 37.0 Å². The van der Waals surface area contributed by atoms with Crippen LogP contribution in [-0.4, -0.2) is 23.4 Å². The zero-order valence-corrected chi connectivity index (χ0v) is 17.2. The molecule has 1 saturated carbocycles. The number of carbonyl (C=O) groups is 2. The van der Waals surface area contributed by atoms with E-state index in [1.165, 1.54) is 11.1 Å². The van der Waals surface area contributed by atoms with Crippen molar-refractivity contribution in [1.29, 1.82) is 5.26 Å². The van der Waals surface area contributed by atoms with Crippen molar-refractivity contribution in [1.82, 2.24) is 4.98 Å². The number of amides is 2. The third kappa shape index (κ3) is 3.61. The second kappa shape index (κ2) is 7.45. The molecule has 1 unspecified atom stereocenters. The van der Waals surface area contributed by atoms with E-state index >= 15 is 0 Å². The molecule has 2 amide bonds. The van der Waals surface area contributed by atoms with Gasteiger partial charge in [0.1, 0.15) is 17.6 Å². The number of ether oxygens (including phenoxy) is 2. The Morgan fingerprint density at radius 3 is 2.57 bits per heavy atom. The molecule has 1 atom stereocenters. The lowest BCUT2D eigenvalue weighted by atomic mass is 9.82. The van der Waals surface area contributed by atoms with Gasteiger partial charge in [-0.15, -0.1) is 0 Å². The molecule has 0 spiro atoms. The SMILES string of the molecule is CC1C(=O)N(c2ccc(Oc3ccc(C#N)c(OCC4CC4)c3)nc2)C(=O)C1(C)C. The van der Waals surface area contributed by atoms with Crippen LogP contribution in [-0.2, 0) is 9.59 Å². The van der Waals surface area contributed by atoms with Crippen LogP contribution < -0.4 is 14.4 Å². The van der Waals surface area contributed by atoms with Crippen LogP contribution in [0.3, 0.4) is 0 Å². The summed E-state index contributed by atoms with van der Waals surface area (Å²) >= 11 is 0. The fourth-order valence-corrected chi connectivity index (χ4v) is 3.28. The van der Waals surface area contributed by atoms with Gasteiger partial charge in [0.2, 0.25) is 17.7 Å². The third-order valence-corrected chi connectivity index (χ3v) is 5.87. The minimum absolute atomic E-state index is 0.231. The zero-order valence-electron chi connectivity index (χ0n) is 17.2. The average Bonchev–Trinajstić information content (AvgIpc) is 3.55. The van der Waals surface area contributed by atoms with Crippen LogP contribution in [0.25, 0.3) is 0 Å². The van der Waals surface area contributed by atoms with Gasteiger partial charge in [-0.1, -0.05) is 20.8 Å². The molecule has 2 fully saturated rings. The number of anilines is 1. The van der Waals surface area contributed by atoms with E-state index in [9.17, 15) is 14.9 Å². The summed E-state index contributed by atoms with van der Waals surface area (Å²) in [5.74, 6) is 0.992. The first-order chi connectivity index (χ1) is 14.3. The lowest BCUT2D eigenvalue weighted by Gasteiger charge is -2.18. The van der Waals surface area contributed by atoms with E-state index in [-0.39, 0.29) is 11.8 Å². The Labute approximate surface area is 175 Å². The van der Waals surface area contributed by atoms with E-state index in [0.717, 1.165) is 12.8 Å². The monoisotopic (exact) mass is 405 g/mol. The molecule has 1 aromatic carbocycles. The number of hydrogen-bond donors (Lipinski definition) is 0. The molecule has 4 rings (SSSR count). The predicted molar refractivity (Wildman–Crippen MR) is 109 cm³/mol. The average molecular weight is 405 g/mol. The highest BCUT2D eigenvalue weighted by molar-refractivity contribution is 6.23. The molecule has 2 heterocycles. The number of nitrogens with zero attached hydrogens (tertiary/aromatic N) is 3. The van der Waals surface area contributed by atoms with Crippen LogP contribution in [0.5, 0.6) is 17.4 Å². The largest absolute Gasteiger partial charge is 0.492 e. The van der Waals surface area contributed by atoms with E-state index in [1.807, 2.05) is 0 Å². The normalized spacial score (nSPS) is 20.2. The second-order valence-electron chi connectivity index (χ2n) is 8.40. The maximum Gasteiger partial charge on any atom is 0.240 e. The number of nitriles is 1. The summed E-state index contributed by atoms with van der Waals surface area (Å²) in [5.41, 5.74) is 0.128. The predicted octanol–water partition coefficient (Wildman–Crippen LogP) is 4.07. The van der Waals surface area contributed by atoms with E-state index in [0.29, 0.717) is 41.2 Å². The van der Waals surface area contributed by atoms with Crippen molar-refractivity contribution < 1.29 is 19.1 Å². The van der Waals surface area contributed by atoms with E-state index in [4.69, 9.17) is 9.47 Å². The summed E-state index contributed by atoms with van der Waals surface area (Å²) in [4.78, 5) is 30.6. The van der Waals surface area contributed by atoms with Crippen molar-refractivity contribution in [3.8, 4) is 23.4 Å². The molecule has 30 heavy (non-hydrogen) atoms. The van der Waals surface area contributed by atoms with Crippen molar-refractivity contribution in [3.63, 3.8) is 0 Å². The molecule has 0 bridgehead atoms. The maximum atomic E-state index is 12.6. The molecule has 7 heteroatoms. The van der Waals surface area contributed by atoms with E-state index < -0.39 is 11.3 Å². The van der Waals surface area contributed by atoms with Crippen LogP contribution in [0.4, 0.5) is 5.69 Å². The highest BCUT2D eigenvalue weighted by Crippen LogP contribution is 2.40. The molecule has 2 aliphatic rings. The Morgan fingerprint density at radius 1 is 1.23 bits per heavy atom. The maximum absolute atomic E-state index is 12.6.